The molecule has 0 aliphatic heterocycles. The molecule has 1 unspecified atom stereocenters. The van der Waals surface area contributed by atoms with Crippen LogP contribution in [0, 0.1) is 0 Å². The van der Waals surface area contributed by atoms with Gasteiger partial charge in [0.25, 0.3) is 0 Å². The Kier molecular flexibility index (Phi) is 9.49. The number of nitrogens with one attached hydrogen (secondary N) is 1. The van der Waals surface area contributed by atoms with E-state index in [-0.39, 0.29) is 0 Å². The van der Waals surface area contributed by atoms with Gasteiger partial charge in [0.1, 0.15) is 0 Å². The van der Waals surface area contributed by atoms with Gasteiger partial charge < -0.3 is 0 Å². The van der Waals surface area contributed by atoms with Crippen LogP contribution >= 0.6 is 0 Å². The molecule has 0 heterocycles. The van der Waals surface area contributed by atoms with Gasteiger partial charge in [0, 0.05) is 6.54 Å². The minimum absolute atomic E-state index is 0.368. The van der Waals surface area contributed by atoms with Crippen LogP contribution < -0.4 is 4.72 Å². The maximum absolute atomic E-state index is 12.2. The Morgan fingerprint density at radius 1 is 0.913 bits per heavy atom. The molecule has 0 spiro atoms. The number of hydrogen-bond acceptors (Lipinski definition) is 2. The van der Waals surface area contributed by atoms with Crippen LogP contribution in [0.1, 0.15) is 83.6 Å². The van der Waals surface area contributed by atoms with Crippen LogP contribution in [-0.4, -0.2) is 15.0 Å². The van der Waals surface area contributed by atoms with Gasteiger partial charge in [0.15, 0.2) is 0 Å². The lowest BCUT2D eigenvalue weighted by molar-refractivity contribution is 0.563. The summed E-state index contributed by atoms with van der Waals surface area (Å²) in [6, 6.07) is 7.29. The predicted molar refractivity (Wildman–Crippen MR) is 98.3 cm³/mol. The Hall–Kier alpha value is -0.870. The molecule has 0 amide bonds. The maximum Gasteiger partial charge on any atom is 0.240 e. The molecule has 132 valence electrons. The van der Waals surface area contributed by atoms with E-state index in [1.807, 2.05) is 12.1 Å². The normalized spacial score (nSPS) is 13.2. The van der Waals surface area contributed by atoms with Crippen LogP contribution in [0.15, 0.2) is 29.2 Å². The number of rotatable bonds is 12. The quantitative estimate of drug-likeness (QED) is 0.530. The first kappa shape index (κ1) is 20.2. The Balaban J connectivity index is 2.35. The molecule has 0 saturated heterocycles. The van der Waals surface area contributed by atoms with Crippen LogP contribution in [-0.2, 0) is 10.0 Å². The van der Waals surface area contributed by atoms with E-state index in [0.29, 0.717) is 17.4 Å². The molecule has 0 aliphatic rings. The third-order valence-corrected chi connectivity index (χ3v) is 5.92. The summed E-state index contributed by atoms with van der Waals surface area (Å²) in [6.45, 7) is 7.04. The van der Waals surface area contributed by atoms with E-state index >= 15 is 0 Å². The minimum Gasteiger partial charge on any atom is -0.211 e. The molecule has 1 aromatic rings. The summed E-state index contributed by atoms with van der Waals surface area (Å²) >= 11 is 0. The minimum atomic E-state index is -3.36. The molecular weight excluding hydrogens is 306 g/mol. The summed E-state index contributed by atoms with van der Waals surface area (Å²) < 4.78 is 27.2. The van der Waals surface area contributed by atoms with Crippen molar-refractivity contribution in [2.75, 3.05) is 6.54 Å². The van der Waals surface area contributed by atoms with Crippen molar-refractivity contribution in [2.24, 2.45) is 0 Å². The lowest BCUT2D eigenvalue weighted by Gasteiger charge is -2.11. The topological polar surface area (TPSA) is 46.2 Å². The Morgan fingerprint density at radius 2 is 1.48 bits per heavy atom. The van der Waals surface area contributed by atoms with Gasteiger partial charge in [0.2, 0.25) is 10.0 Å². The van der Waals surface area contributed by atoms with Gasteiger partial charge in [-0.15, -0.1) is 0 Å². The van der Waals surface area contributed by atoms with Gasteiger partial charge >= 0.3 is 0 Å². The molecule has 1 rings (SSSR count). The van der Waals surface area contributed by atoms with Crippen molar-refractivity contribution in [3.05, 3.63) is 29.8 Å². The largest absolute Gasteiger partial charge is 0.240 e. The van der Waals surface area contributed by atoms with Crippen molar-refractivity contribution in [1.82, 2.24) is 4.72 Å². The van der Waals surface area contributed by atoms with Gasteiger partial charge in [-0.05, 0) is 36.5 Å². The van der Waals surface area contributed by atoms with Gasteiger partial charge in [-0.2, -0.15) is 0 Å². The fourth-order valence-corrected chi connectivity index (χ4v) is 3.66. The van der Waals surface area contributed by atoms with E-state index in [0.717, 1.165) is 19.3 Å². The molecule has 23 heavy (non-hydrogen) atoms. The Labute approximate surface area is 142 Å². The molecule has 4 heteroatoms. The highest BCUT2D eigenvalue weighted by molar-refractivity contribution is 7.89. The van der Waals surface area contributed by atoms with Crippen LogP contribution in [0.2, 0.25) is 0 Å². The van der Waals surface area contributed by atoms with Crippen molar-refractivity contribution in [1.29, 1.82) is 0 Å². The molecule has 0 aromatic heterocycles. The van der Waals surface area contributed by atoms with Crippen molar-refractivity contribution in [2.45, 2.75) is 83.0 Å². The van der Waals surface area contributed by atoms with E-state index in [4.69, 9.17) is 0 Å². The first-order valence-electron chi connectivity index (χ1n) is 9.10. The zero-order valence-corrected chi connectivity index (χ0v) is 15.8. The molecular formula is C19H33NO2S. The summed E-state index contributed by atoms with van der Waals surface area (Å²) in [5, 5.41) is 0. The molecule has 1 N–H and O–H groups in total. The predicted octanol–water partition coefficient (Wildman–Crippen LogP) is 5.23. The van der Waals surface area contributed by atoms with E-state index in [2.05, 4.69) is 25.5 Å². The second kappa shape index (κ2) is 10.8. The first-order valence-corrected chi connectivity index (χ1v) is 10.6. The molecule has 1 atom stereocenters. The average molecular weight is 340 g/mol. The maximum atomic E-state index is 12.2. The fourth-order valence-electron chi connectivity index (χ4n) is 2.58. The number of sulfonamides is 1. The van der Waals surface area contributed by atoms with Crippen molar-refractivity contribution in [3.63, 3.8) is 0 Å². The van der Waals surface area contributed by atoms with Crippen molar-refractivity contribution in [3.8, 4) is 0 Å². The molecule has 0 aliphatic carbocycles. The smallest absolute Gasteiger partial charge is 0.211 e. The van der Waals surface area contributed by atoms with Gasteiger partial charge in [0.05, 0.1) is 4.90 Å². The second-order valence-corrected chi connectivity index (χ2v) is 8.16. The molecule has 0 saturated carbocycles. The SMILES string of the molecule is CCCCCCCCCNS(=O)(=O)c1ccc(C(C)CC)cc1. The zero-order valence-electron chi connectivity index (χ0n) is 15.0. The third kappa shape index (κ3) is 7.49. The van der Waals surface area contributed by atoms with E-state index in [1.54, 1.807) is 12.1 Å². The molecule has 0 fully saturated rings. The first-order chi connectivity index (χ1) is 11.0. The van der Waals surface area contributed by atoms with Gasteiger partial charge in [-0.3, -0.25) is 0 Å². The number of hydrogen-bond donors (Lipinski definition) is 1. The monoisotopic (exact) mass is 339 g/mol. The highest BCUT2D eigenvalue weighted by Crippen LogP contribution is 2.20. The standard InChI is InChI=1S/C19H33NO2S/c1-4-6-7-8-9-10-11-16-20-23(21,22)19-14-12-18(13-15-19)17(3)5-2/h12-15,17,20H,4-11,16H2,1-3H3. The van der Waals surface area contributed by atoms with Crippen LogP contribution in [0.3, 0.4) is 0 Å². The van der Waals surface area contributed by atoms with Crippen molar-refractivity contribution < 1.29 is 8.42 Å². The fraction of sp³-hybridized carbons (Fsp3) is 0.684. The van der Waals surface area contributed by atoms with E-state index < -0.39 is 10.0 Å². The van der Waals surface area contributed by atoms with E-state index in [1.165, 1.54) is 37.7 Å². The second-order valence-electron chi connectivity index (χ2n) is 6.40. The molecule has 1 aromatic carbocycles. The average Bonchev–Trinajstić information content (AvgIpc) is 2.56. The third-order valence-electron chi connectivity index (χ3n) is 4.44. The van der Waals surface area contributed by atoms with E-state index in [9.17, 15) is 8.42 Å². The molecule has 0 radical (unpaired) electrons. The summed E-state index contributed by atoms with van der Waals surface area (Å²) in [5.41, 5.74) is 1.19. The summed E-state index contributed by atoms with van der Waals surface area (Å²) in [6.07, 6.45) is 9.39. The van der Waals surface area contributed by atoms with Gasteiger partial charge in [-0.25, -0.2) is 13.1 Å². The van der Waals surface area contributed by atoms with Crippen molar-refractivity contribution >= 4 is 10.0 Å². The van der Waals surface area contributed by atoms with Crippen LogP contribution in [0.25, 0.3) is 0 Å². The Bertz CT molecular complexity index is 523. The summed E-state index contributed by atoms with van der Waals surface area (Å²) in [5.74, 6) is 0.465. The highest BCUT2D eigenvalue weighted by Gasteiger charge is 2.13. The van der Waals surface area contributed by atoms with Gasteiger partial charge in [-0.1, -0.05) is 71.4 Å². The molecule has 0 bridgehead atoms. The number of unbranched alkanes of at least 4 members (excludes halogenated alkanes) is 6. The van der Waals surface area contributed by atoms with Crippen LogP contribution in [0.5, 0.6) is 0 Å². The van der Waals surface area contributed by atoms with Crippen LogP contribution in [0.4, 0.5) is 0 Å². The summed E-state index contributed by atoms with van der Waals surface area (Å²) in [4.78, 5) is 0.368. The summed E-state index contributed by atoms with van der Waals surface area (Å²) in [7, 11) is -3.36. The highest BCUT2D eigenvalue weighted by atomic mass is 32.2. The zero-order chi connectivity index (χ0) is 17.1. The molecule has 3 nitrogen and oxygen atoms in total. The number of benzene rings is 1. The lowest BCUT2D eigenvalue weighted by atomic mass is 9.99. The lowest BCUT2D eigenvalue weighted by Crippen LogP contribution is -2.24. The Morgan fingerprint density at radius 3 is 2.04 bits per heavy atom.